The van der Waals surface area contributed by atoms with Crippen molar-refractivity contribution in [3.8, 4) is 22.6 Å². The molecule has 0 aliphatic rings. The molecule has 0 bridgehead atoms. The Kier molecular flexibility index (Phi) is 5.84. The van der Waals surface area contributed by atoms with Gasteiger partial charge in [0.2, 0.25) is 0 Å². The highest BCUT2D eigenvalue weighted by molar-refractivity contribution is 5.69. The number of ether oxygens (including phenoxy) is 2. The van der Waals surface area contributed by atoms with Gasteiger partial charge in [0, 0.05) is 6.07 Å². The Labute approximate surface area is 142 Å². The molecule has 0 spiro atoms. The number of halogens is 3. The highest BCUT2D eigenvalue weighted by Gasteiger charge is 2.31. The van der Waals surface area contributed by atoms with Crippen LogP contribution in [0.2, 0.25) is 0 Å². The van der Waals surface area contributed by atoms with Gasteiger partial charge >= 0.3 is 12.0 Å². The van der Waals surface area contributed by atoms with Crippen molar-refractivity contribution in [2.45, 2.75) is 26.1 Å². The van der Waals surface area contributed by atoms with Crippen molar-refractivity contribution in [3.05, 3.63) is 52.6 Å². The molecule has 2 aromatic carbocycles. The zero-order chi connectivity index (χ0) is 18.4. The second kappa shape index (κ2) is 7.87. The molecule has 0 radical (unpaired) electrons. The first kappa shape index (κ1) is 18.6. The first-order valence-corrected chi connectivity index (χ1v) is 7.57. The van der Waals surface area contributed by atoms with E-state index in [2.05, 4.69) is 4.74 Å². The minimum Gasteiger partial charge on any atom is -0.487 e. The van der Waals surface area contributed by atoms with Crippen molar-refractivity contribution >= 4 is 5.69 Å². The fraction of sp³-hybridized carbons (Fsp3) is 0.294. The van der Waals surface area contributed by atoms with Crippen LogP contribution in [0.1, 0.15) is 19.8 Å². The smallest absolute Gasteiger partial charge is 0.487 e. The van der Waals surface area contributed by atoms with E-state index in [9.17, 15) is 23.3 Å². The molecule has 0 amide bonds. The van der Waals surface area contributed by atoms with Gasteiger partial charge in [-0.2, -0.15) is 0 Å². The van der Waals surface area contributed by atoms with Crippen LogP contribution in [0.5, 0.6) is 11.5 Å². The second-order valence-corrected chi connectivity index (χ2v) is 5.21. The van der Waals surface area contributed by atoms with Gasteiger partial charge in [0.15, 0.2) is 5.75 Å². The summed E-state index contributed by atoms with van der Waals surface area (Å²) in [7, 11) is 0. The Morgan fingerprint density at radius 2 is 1.72 bits per heavy atom. The van der Waals surface area contributed by atoms with E-state index in [0.717, 1.165) is 25.0 Å². The van der Waals surface area contributed by atoms with Gasteiger partial charge in [-0.15, -0.1) is 13.2 Å². The molecule has 2 aromatic rings. The molecule has 0 fully saturated rings. The van der Waals surface area contributed by atoms with Crippen molar-refractivity contribution in [1.29, 1.82) is 0 Å². The molecule has 2 rings (SSSR count). The third-order valence-electron chi connectivity index (χ3n) is 3.33. The van der Waals surface area contributed by atoms with Gasteiger partial charge in [-0.25, -0.2) is 0 Å². The van der Waals surface area contributed by atoms with Gasteiger partial charge < -0.3 is 9.47 Å². The average Bonchev–Trinajstić information content (AvgIpc) is 2.54. The van der Waals surface area contributed by atoms with Gasteiger partial charge in [-0.1, -0.05) is 31.5 Å². The summed E-state index contributed by atoms with van der Waals surface area (Å²) in [4.78, 5) is 10.7. The predicted molar refractivity (Wildman–Crippen MR) is 85.6 cm³/mol. The van der Waals surface area contributed by atoms with Crippen LogP contribution in [0.25, 0.3) is 11.1 Å². The number of alkyl halides is 3. The highest BCUT2D eigenvalue weighted by Crippen LogP contribution is 2.33. The van der Waals surface area contributed by atoms with E-state index in [1.807, 2.05) is 6.92 Å². The van der Waals surface area contributed by atoms with Crippen LogP contribution in [0, 0.1) is 10.1 Å². The first-order chi connectivity index (χ1) is 11.8. The van der Waals surface area contributed by atoms with Crippen LogP contribution in [0.4, 0.5) is 18.9 Å². The number of hydrogen-bond donors (Lipinski definition) is 0. The molecule has 134 valence electrons. The summed E-state index contributed by atoms with van der Waals surface area (Å²) in [5.41, 5.74) is 0.829. The normalized spacial score (nSPS) is 11.2. The number of rotatable bonds is 7. The van der Waals surface area contributed by atoms with Crippen molar-refractivity contribution in [2.24, 2.45) is 0 Å². The summed E-state index contributed by atoms with van der Waals surface area (Å²) in [6.45, 7) is 2.35. The number of benzene rings is 2. The monoisotopic (exact) mass is 355 g/mol. The highest BCUT2D eigenvalue weighted by atomic mass is 19.4. The lowest BCUT2D eigenvalue weighted by Crippen LogP contribution is -2.16. The Morgan fingerprint density at radius 3 is 2.28 bits per heavy atom. The lowest BCUT2D eigenvalue weighted by Gasteiger charge is -2.10. The minimum atomic E-state index is -4.77. The largest absolute Gasteiger partial charge is 0.573 e. The molecule has 0 saturated carbocycles. The molecular weight excluding hydrogens is 339 g/mol. The molecule has 0 atom stereocenters. The van der Waals surface area contributed by atoms with Crippen molar-refractivity contribution in [1.82, 2.24) is 0 Å². The molecule has 5 nitrogen and oxygen atoms in total. The summed E-state index contributed by atoms with van der Waals surface area (Å²) in [6, 6.07) is 9.55. The molecular formula is C17H16F3NO4. The fourth-order valence-electron chi connectivity index (χ4n) is 2.14. The average molecular weight is 355 g/mol. The third-order valence-corrected chi connectivity index (χ3v) is 3.33. The molecule has 0 saturated heterocycles. The number of nitrogens with zero attached hydrogens (tertiary/aromatic N) is 1. The Hall–Kier alpha value is -2.77. The van der Waals surface area contributed by atoms with E-state index in [0.29, 0.717) is 17.7 Å². The molecule has 0 N–H and O–H groups in total. The number of nitro groups is 1. The van der Waals surface area contributed by atoms with E-state index in [4.69, 9.17) is 4.74 Å². The Balaban J connectivity index is 2.24. The number of nitro benzene ring substituents is 1. The van der Waals surface area contributed by atoms with E-state index in [1.54, 1.807) is 6.07 Å². The molecule has 25 heavy (non-hydrogen) atoms. The van der Waals surface area contributed by atoms with Gasteiger partial charge in [0.1, 0.15) is 5.75 Å². The van der Waals surface area contributed by atoms with Crippen LogP contribution in [-0.4, -0.2) is 17.9 Å². The summed E-state index contributed by atoms with van der Waals surface area (Å²) in [5, 5.41) is 11.2. The lowest BCUT2D eigenvalue weighted by molar-refractivity contribution is -0.385. The third kappa shape index (κ3) is 5.37. The predicted octanol–water partition coefficient (Wildman–Crippen LogP) is 5.34. The van der Waals surface area contributed by atoms with Gasteiger partial charge in [-0.05, 0) is 35.7 Å². The van der Waals surface area contributed by atoms with Crippen molar-refractivity contribution < 1.29 is 27.6 Å². The maximum Gasteiger partial charge on any atom is 0.573 e. The topological polar surface area (TPSA) is 61.6 Å². The van der Waals surface area contributed by atoms with Gasteiger partial charge in [0.05, 0.1) is 11.5 Å². The van der Waals surface area contributed by atoms with Gasteiger partial charge in [-0.3, -0.25) is 10.1 Å². The summed E-state index contributed by atoms with van der Waals surface area (Å²) in [5.74, 6) is -0.190. The lowest BCUT2D eigenvalue weighted by atomic mass is 10.0. The van der Waals surface area contributed by atoms with Crippen LogP contribution in [-0.2, 0) is 0 Å². The number of hydrogen-bond acceptors (Lipinski definition) is 4. The van der Waals surface area contributed by atoms with E-state index in [1.165, 1.54) is 24.3 Å². The van der Waals surface area contributed by atoms with E-state index < -0.39 is 11.3 Å². The van der Waals surface area contributed by atoms with Crippen molar-refractivity contribution in [2.75, 3.05) is 6.61 Å². The maximum absolute atomic E-state index is 12.2. The second-order valence-electron chi connectivity index (χ2n) is 5.21. The Morgan fingerprint density at radius 1 is 1.08 bits per heavy atom. The first-order valence-electron chi connectivity index (χ1n) is 7.57. The molecule has 0 aliphatic carbocycles. The van der Waals surface area contributed by atoms with Crippen LogP contribution in [0.15, 0.2) is 42.5 Å². The minimum absolute atomic E-state index is 0.166. The quantitative estimate of drug-likeness (QED) is 0.382. The van der Waals surface area contributed by atoms with E-state index >= 15 is 0 Å². The molecule has 0 heterocycles. The fourth-order valence-corrected chi connectivity index (χ4v) is 2.14. The van der Waals surface area contributed by atoms with Crippen LogP contribution >= 0.6 is 0 Å². The SMILES string of the molecule is CCCCOc1ccc(-c2ccc(OC(F)(F)F)cc2)cc1[N+](=O)[O-]. The van der Waals surface area contributed by atoms with Gasteiger partial charge in [0.25, 0.3) is 0 Å². The summed E-state index contributed by atoms with van der Waals surface area (Å²) in [6.07, 6.45) is -3.09. The summed E-state index contributed by atoms with van der Waals surface area (Å²) >= 11 is 0. The zero-order valence-corrected chi connectivity index (χ0v) is 13.4. The van der Waals surface area contributed by atoms with Crippen molar-refractivity contribution in [3.63, 3.8) is 0 Å². The van der Waals surface area contributed by atoms with Crippen LogP contribution in [0.3, 0.4) is 0 Å². The molecule has 8 heteroatoms. The molecule has 0 aliphatic heterocycles. The zero-order valence-electron chi connectivity index (χ0n) is 13.4. The Bertz CT molecular complexity index is 730. The number of unbranched alkanes of at least 4 members (excludes halogenated alkanes) is 1. The standard InChI is InChI=1S/C17H16F3NO4/c1-2-3-10-24-16-9-6-13(11-15(16)21(22)23)12-4-7-14(8-5-12)25-17(18,19)20/h4-9,11H,2-3,10H2,1H3. The maximum atomic E-state index is 12.2. The summed E-state index contributed by atoms with van der Waals surface area (Å²) < 4.78 is 45.7. The van der Waals surface area contributed by atoms with E-state index in [-0.39, 0.29) is 17.2 Å². The van der Waals surface area contributed by atoms with Crippen LogP contribution < -0.4 is 9.47 Å². The molecule has 0 unspecified atom stereocenters. The molecule has 0 aromatic heterocycles.